The van der Waals surface area contributed by atoms with Crippen molar-refractivity contribution in [2.75, 3.05) is 26.2 Å². The van der Waals surface area contributed by atoms with Crippen LogP contribution in [-0.4, -0.2) is 59.0 Å². The molecule has 78 valence electrons. The Kier molecular flexibility index (Phi) is 2.41. The van der Waals surface area contributed by atoms with E-state index in [-0.39, 0.29) is 13.2 Å². The fraction of sp³-hybridized carbons (Fsp3) is 0.778. The van der Waals surface area contributed by atoms with E-state index in [4.69, 9.17) is 5.11 Å². The number of aliphatic hydroxyl groups excluding tert-OH is 1. The first kappa shape index (κ1) is 9.45. The van der Waals surface area contributed by atoms with Crippen molar-refractivity contribution in [3.63, 3.8) is 0 Å². The summed E-state index contributed by atoms with van der Waals surface area (Å²) in [6.45, 7) is 1.36. The summed E-state index contributed by atoms with van der Waals surface area (Å²) in [4.78, 5) is 26.1. The molecular formula is C9H14N2O3. The van der Waals surface area contributed by atoms with Crippen LogP contribution in [0.15, 0.2) is 0 Å². The van der Waals surface area contributed by atoms with Gasteiger partial charge in [-0.15, -0.1) is 0 Å². The van der Waals surface area contributed by atoms with Gasteiger partial charge in [0.25, 0.3) is 0 Å². The second-order valence-corrected chi connectivity index (χ2v) is 3.75. The van der Waals surface area contributed by atoms with E-state index in [1.807, 2.05) is 0 Å². The highest BCUT2D eigenvalue weighted by Crippen LogP contribution is 2.28. The number of hydrogen-bond acceptors (Lipinski definition) is 3. The minimum atomic E-state index is -0.461. The zero-order chi connectivity index (χ0) is 10.1. The lowest BCUT2D eigenvalue weighted by atomic mass is 10.3. The molecule has 5 nitrogen and oxygen atoms in total. The van der Waals surface area contributed by atoms with Gasteiger partial charge in [0, 0.05) is 25.7 Å². The maximum absolute atomic E-state index is 11.5. The topological polar surface area (TPSA) is 60.9 Å². The second-order valence-electron chi connectivity index (χ2n) is 3.75. The smallest absolute Gasteiger partial charge is 0.312 e. The normalized spacial score (nSPS) is 23.2. The third-order valence-electron chi connectivity index (χ3n) is 2.70. The van der Waals surface area contributed by atoms with E-state index in [0.717, 1.165) is 12.8 Å². The Morgan fingerprint density at radius 2 is 1.93 bits per heavy atom. The molecule has 0 radical (unpaired) electrons. The van der Waals surface area contributed by atoms with Gasteiger partial charge in [-0.1, -0.05) is 0 Å². The fourth-order valence-electron chi connectivity index (χ4n) is 1.76. The van der Waals surface area contributed by atoms with Crippen LogP contribution in [0.25, 0.3) is 0 Å². The SMILES string of the molecule is O=C1C(=O)N(C2CC2)CCN1CCO. The molecule has 1 aliphatic heterocycles. The van der Waals surface area contributed by atoms with Gasteiger partial charge < -0.3 is 14.9 Å². The minimum Gasteiger partial charge on any atom is -0.395 e. The molecule has 0 aromatic rings. The Hall–Kier alpha value is -1.10. The van der Waals surface area contributed by atoms with Crippen LogP contribution in [0.5, 0.6) is 0 Å². The van der Waals surface area contributed by atoms with E-state index in [0.29, 0.717) is 19.1 Å². The average Bonchev–Trinajstić information content (AvgIpc) is 2.97. The summed E-state index contributed by atoms with van der Waals surface area (Å²) in [5.74, 6) is -0.857. The standard InChI is InChI=1S/C9H14N2O3/c12-6-5-10-3-4-11(7-1-2-7)9(14)8(10)13/h7,12H,1-6H2. The molecule has 0 bridgehead atoms. The van der Waals surface area contributed by atoms with E-state index < -0.39 is 11.8 Å². The summed E-state index contributed by atoms with van der Waals surface area (Å²) in [6, 6.07) is 0.308. The van der Waals surface area contributed by atoms with Crippen LogP contribution < -0.4 is 0 Å². The molecule has 2 fully saturated rings. The summed E-state index contributed by atoms with van der Waals surface area (Å²) < 4.78 is 0. The van der Waals surface area contributed by atoms with Crippen LogP contribution >= 0.6 is 0 Å². The molecule has 2 rings (SSSR count). The summed E-state index contributed by atoms with van der Waals surface area (Å²) in [5, 5.41) is 8.69. The third-order valence-corrected chi connectivity index (χ3v) is 2.70. The number of piperazine rings is 1. The predicted molar refractivity (Wildman–Crippen MR) is 48.4 cm³/mol. The lowest BCUT2D eigenvalue weighted by molar-refractivity contribution is -0.156. The molecule has 5 heteroatoms. The van der Waals surface area contributed by atoms with Gasteiger partial charge in [-0.3, -0.25) is 9.59 Å². The molecule has 2 amide bonds. The predicted octanol–water partition coefficient (Wildman–Crippen LogP) is -1.19. The fourth-order valence-corrected chi connectivity index (χ4v) is 1.76. The number of aliphatic hydroxyl groups is 1. The van der Waals surface area contributed by atoms with Crippen molar-refractivity contribution in [3.05, 3.63) is 0 Å². The van der Waals surface area contributed by atoms with Gasteiger partial charge in [0.05, 0.1) is 6.61 Å². The molecular weight excluding hydrogens is 184 g/mol. The highest BCUT2D eigenvalue weighted by atomic mass is 16.3. The second kappa shape index (κ2) is 3.57. The van der Waals surface area contributed by atoms with Crippen molar-refractivity contribution in [1.82, 2.24) is 9.80 Å². The molecule has 0 spiro atoms. The van der Waals surface area contributed by atoms with Crippen LogP contribution in [0.4, 0.5) is 0 Å². The van der Waals surface area contributed by atoms with Gasteiger partial charge in [0.1, 0.15) is 0 Å². The quantitative estimate of drug-likeness (QED) is 0.580. The van der Waals surface area contributed by atoms with Crippen LogP contribution in [-0.2, 0) is 9.59 Å². The van der Waals surface area contributed by atoms with E-state index in [2.05, 4.69) is 0 Å². The zero-order valence-corrected chi connectivity index (χ0v) is 7.98. The Balaban J connectivity index is 1.99. The van der Waals surface area contributed by atoms with E-state index >= 15 is 0 Å². The number of carbonyl (C=O) groups excluding carboxylic acids is 2. The molecule has 0 atom stereocenters. The largest absolute Gasteiger partial charge is 0.395 e. The maximum Gasteiger partial charge on any atom is 0.312 e. The van der Waals surface area contributed by atoms with Crippen LogP contribution in [0.2, 0.25) is 0 Å². The Morgan fingerprint density at radius 3 is 2.50 bits per heavy atom. The van der Waals surface area contributed by atoms with Gasteiger partial charge in [-0.25, -0.2) is 0 Å². The first-order valence-electron chi connectivity index (χ1n) is 4.95. The van der Waals surface area contributed by atoms with Crippen molar-refractivity contribution < 1.29 is 14.7 Å². The summed E-state index contributed by atoms with van der Waals surface area (Å²) in [5.41, 5.74) is 0. The van der Waals surface area contributed by atoms with Crippen molar-refractivity contribution in [2.45, 2.75) is 18.9 Å². The monoisotopic (exact) mass is 198 g/mol. The molecule has 0 aromatic carbocycles. The number of carbonyl (C=O) groups is 2. The number of rotatable bonds is 3. The summed E-state index contributed by atoms with van der Waals surface area (Å²) in [6.07, 6.45) is 2.05. The molecule has 0 unspecified atom stereocenters. The van der Waals surface area contributed by atoms with E-state index in [1.165, 1.54) is 4.90 Å². The lowest BCUT2D eigenvalue weighted by Gasteiger charge is -2.33. The number of amides is 2. The van der Waals surface area contributed by atoms with Gasteiger partial charge >= 0.3 is 11.8 Å². The number of β-amino-alcohol motifs (C(OH)–C–C–N with tert-alkyl or cyclic N) is 1. The first-order chi connectivity index (χ1) is 6.74. The molecule has 0 aromatic heterocycles. The van der Waals surface area contributed by atoms with Crippen LogP contribution in [0, 0.1) is 0 Å². The van der Waals surface area contributed by atoms with Crippen LogP contribution in [0.1, 0.15) is 12.8 Å². The molecule has 1 saturated heterocycles. The van der Waals surface area contributed by atoms with E-state index in [9.17, 15) is 9.59 Å². The Bertz CT molecular complexity index is 263. The Morgan fingerprint density at radius 1 is 1.21 bits per heavy atom. The van der Waals surface area contributed by atoms with Crippen molar-refractivity contribution in [1.29, 1.82) is 0 Å². The van der Waals surface area contributed by atoms with Gasteiger partial charge in [0.15, 0.2) is 0 Å². The minimum absolute atomic E-state index is 0.0809. The zero-order valence-electron chi connectivity index (χ0n) is 7.98. The molecule has 1 saturated carbocycles. The maximum atomic E-state index is 11.5. The van der Waals surface area contributed by atoms with Crippen molar-refractivity contribution in [3.8, 4) is 0 Å². The first-order valence-corrected chi connectivity index (χ1v) is 4.95. The summed E-state index contributed by atoms with van der Waals surface area (Å²) >= 11 is 0. The number of nitrogens with zero attached hydrogens (tertiary/aromatic N) is 2. The van der Waals surface area contributed by atoms with Crippen LogP contribution in [0.3, 0.4) is 0 Å². The molecule has 2 aliphatic rings. The molecule has 14 heavy (non-hydrogen) atoms. The average molecular weight is 198 g/mol. The van der Waals surface area contributed by atoms with Crippen molar-refractivity contribution in [2.24, 2.45) is 0 Å². The Labute approximate surface area is 82.3 Å². The molecule has 1 heterocycles. The summed E-state index contributed by atoms with van der Waals surface area (Å²) in [7, 11) is 0. The molecule has 1 aliphatic carbocycles. The van der Waals surface area contributed by atoms with Gasteiger partial charge in [-0.2, -0.15) is 0 Å². The molecule has 1 N–H and O–H groups in total. The van der Waals surface area contributed by atoms with Gasteiger partial charge in [0.2, 0.25) is 0 Å². The lowest BCUT2D eigenvalue weighted by Crippen LogP contribution is -2.55. The van der Waals surface area contributed by atoms with E-state index in [1.54, 1.807) is 4.90 Å². The highest BCUT2D eigenvalue weighted by molar-refractivity contribution is 6.35. The highest BCUT2D eigenvalue weighted by Gasteiger charge is 2.40. The third kappa shape index (κ3) is 1.59. The number of hydrogen-bond donors (Lipinski definition) is 1. The van der Waals surface area contributed by atoms with Crippen molar-refractivity contribution >= 4 is 11.8 Å². The van der Waals surface area contributed by atoms with Gasteiger partial charge in [-0.05, 0) is 12.8 Å².